The number of methoxy groups -OCH3 is 1. The van der Waals surface area contributed by atoms with Gasteiger partial charge < -0.3 is 4.74 Å². The number of carbonyl (C=O) groups is 1. The quantitative estimate of drug-likeness (QED) is 0.319. The molecule has 0 spiro atoms. The lowest BCUT2D eigenvalue weighted by Gasteiger charge is -2.08. The highest BCUT2D eigenvalue weighted by Crippen LogP contribution is 2.35. The van der Waals surface area contributed by atoms with Crippen molar-refractivity contribution in [2.24, 2.45) is 0 Å². The minimum atomic E-state index is -4.34. The molecule has 3 aromatic rings. The molecule has 0 unspecified atom stereocenters. The third kappa shape index (κ3) is 5.43. The van der Waals surface area contributed by atoms with Crippen molar-refractivity contribution in [3.05, 3.63) is 69.7 Å². The van der Waals surface area contributed by atoms with E-state index in [-0.39, 0.29) is 12.4 Å². The van der Waals surface area contributed by atoms with E-state index in [9.17, 15) is 18.0 Å². The Morgan fingerprint density at radius 1 is 1.13 bits per heavy atom. The Balaban J connectivity index is 1.70. The van der Waals surface area contributed by atoms with Crippen LogP contribution in [0.1, 0.15) is 27.3 Å². The number of carbonyl (C=O) groups excluding carboxylic acids is 1. The highest BCUT2D eigenvalue weighted by molar-refractivity contribution is 7.98. The molecule has 0 N–H and O–H groups in total. The van der Waals surface area contributed by atoms with Gasteiger partial charge in [0.1, 0.15) is 5.01 Å². The predicted octanol–water partition coefficient (Wildman–Crippen LogP) is 6.45. The fraction of sp³-hybridized carbons (Fsp3) is 0.273. The molecule has 1 heterocycles. The third-order valence-corrected chi connectivity index (χ3v) is 7.12. The fourth-order valence-corrected chi connectivity index (χ4v) is 5.07. The predicted molar refractivity (Wildman–Crippen MR) is 114 cm³/mol. The summed E-state index contributed by atoms with van der Waals surface area (Å²) >= 11 is 3.16. The Morgan fingerprint density at radius 2 is 1.83 bits per heavy atom. The smallest absolute Gasteiger partial charge is 0.416 e. The standard InChI is InChI=1S/C22H20F3NO2S2/c1-13-10-15(11-20(27)28-3)4-9-18(13)29-12-19-14(2)26-21(30-19)16-5-7-17(8-6-16)22(23,24)25/h4-10H,11-12H2,1-3H3. The molecular formula is C22H20F3NO2S2. The number of hydrogen-bond donors (Lipinski definition) is 0. The van der Waals surface area contributed by atoms with E-state index in [2.05, 4.69) is 4.98 Å². The van der Waals surface area contributed by atoms with Crippen molar-refractivity contribution in [2.75, 3.05) is 7.11 Å². The lowest BCUT2D eigenvalue weighted by Crippen LogP contribution is -2.04. The minimum absolute atomic E-state index is 0.243. The monoisotopic (exact) mass is 451 g/mol. The number of thiazole rings is 1. The highest BCUT2D eigenvalue weighted by atomic mass is 32.2. The van der Waals surface area contributed by atoms with Crippen LogP contribution in [0.2, 0.25) is 0 Å². The normalized spacial score (nSPS) is 11.5. The number of thioether (sulfide) groups is 1. The van der Waals surface area contributed by atoms with Crippen LogP contribution in [0.3, 0.4) is 0 Å². The number of halogens is 3. The second-order valence-electron chi connectivity index (χ2n) is 6.74. The van der Waals surface area contributed by atoms with Crippen LogP contribution in [-0.4, -0.2) is 18.1 Å². The molecule has 158 valence electrons. The number of benzene rings is 2. The van der Waals surface area contributed by atoms with Gasteiger partial charge in [-0.25, -0.2) is 4.98 Å². The number of esters is 1. The van der Waals surface area contributed by atoms with Crippen LogP contribution in [0.5, 0.6) is 0 Å². The number of hydrogen-bond acceptors (Lipinski definition) is 5. The average molecular weight is 452 g/mol. The van der Waals surface area contributed by atoms with E-state index in [0.29, 0.717) is 16.3 Å². The van der Waals surface area contributed by atoms with Crippen molar-refractivity contribution in [3.8, 4) is 10.6 Å². The first-order valence-corrected chi connectivity index (χ1v) is 10.9. The van der Waals surface area contributed by atoms with E-state index >= 15 is 0 Å². The molecule has 0 bridgehead atoms. The van der Waals surface area contributed by atoms with Gasteiger partial charge in [-0.2, -0.15) is 13.2 Å². The van der Waals surface area contributed by atoms with Gasteiger partial charge in [-0.15, -0.1) is 23.1 Å². The van der Waals surface area contributed by atoms with Crippen LogP contribution in [0.15, 0.2) is 47.4 Å². The molecule has 30 heavy (non-hydrogen) atoms. The summed E-state index contributed by atoms with van der Waals surface area (Å²) in [4.78, 5) is 18.1. The number of nitrogens with zero attached hydrogens (tertiary/aromatic N) is 1. The van der Waals surface area contributed by atoms with E-state index in [1.54, 1.807) is 11.8 Å². The van der Waals surface area contributed by atoms with Gasteiger partial charge in [0.05, 0.1) is 24.8 Å². The molecule has 3 rings (SSSR count). The maximum absolute atomic E-state index is 12.8. The molecule has 0 aliphatic carbocycles. The summed E-state index contributed by atoms with van der Waals surface area (Å²) in [5.74, 6) is 0.437. The number of aromatic nitrogens is 1. The van der Waals surface area contributed by atoms with E-state index in [0.717, 1.165) is 38.7 Å². The highest BCUT2D eigenvalue weighted by Gasteiger charge is 2.30. The Labute approximate surface area is 181 Å². The van der Waals surface area contributed by atoms with Gasteiger partial charge in [-0.05, 0) is 43.2 Å². The summed E-state index contributed by atoms with van der Waals surface area (Å²) in [5, 5.41) is 0.710. The van der Waals surface area contributed by atoms with Gasteiger partial charge >= 0.3 is 12.1 Å². The van der Waals surface area contributed by atoms with Crippen LogP contribution in [-0.2, 0) is 27.9 Å². The first-order chi connectivity index (χ1) is 14.2. The summed E-state index contributed by atoms with van der Waals surface area (Å²) in [6, 6.07) is 11.0. The lowest BCUT2D eigenvalue weighted by atomic mass is 10.1. The van der Waals surface area contributed by atoms with E-state index in [1.807, 2.05) is 32.0 Å². The molecule has 0 aliphatic heterocycles. The van der Waals surface area contributed by atoms with Gasteiger partial charge in [0.2, 0.25) is 0 Å². The molecule has 8 heteroatoms. The zero-order valence-electron chi connectivity index (χ0n) is 16.7. The van der Waals surface area contributed by atoms with Gasteiger partial charge in [0, 0.05) is 21.1 Å². The molecule has 0 aliphatic rings. The summed E-state index contributed by atoms with van der Waals surface area (Å²) in [6.45, 7) is 3.91. The number of aryl methyl sites for hydroxylation is 2. The summed E-state index contributed by atoms with van der Waals surface area (Å²) in [5.41, 5.74) is 2.87. The zero-order chi connectivity index (χ0) is 21.9. The van der Waals surface area contributed by atoms with Gasteiger partial charge in [0.15, 0.2) is 0 Å². The van der Waals surface area contributed by atoms with Gasteiger partial charge in [0.25, 0.3) is 0 Å². The summed E-state index contributed by atoms with van der Waals surface area (Å²) in [7, 11) is 1.37. The molecular weight excluding hydrogens is 431 g/mol. The number of alkyl halides is 3. The molecule has 0 radical (unpaired) electrons. The average Bonchev–Trinajstić information content (AvgIpc) is 3.07. The lowest BCUT2D eigenvalue weighted by molar-refractivity contribution is -0.140. The Morgan fingerprint density at radius 3 is 2.43 bits per heavy atom. The molecule has 0 saturated heterocycles. The molecule has 2 aromatic carbocycles. The largest absolute Gasteiger partial charge is 0.469 e. The topological polar surface area (TPSA) is 39.2 Å². The van der Waals surface area contributed by atoms with Crippen molar-refractivity contribution in [1.82, 2.24) is 4.98 Å². The molecule has 0 atom stereocenters. The van der Waals surface area contributed by atoms with E-state index in [1.165, 1.54) is 30.6 Å². The van der Waals surface area contributed by atoms with Crippen LogP contribution >= 0.6 is 23.1 Å². The maximum Gasteiger partial charge on any atom is 0.416 e. The van der Waals surface area contributed by atoms with Crippen LogP contribution in [0, 0.1) is 13.8 Å². The second kappa shape index (κ2) is 9.22. The SMILES string of the molecule is COC(=O)Cc1ccc(SCc2sc(-c3ccc(C(F)(F)F)cc3)nc2C)c(C)c1. The number of rotatable bonds is 6. The van der Waals surface area contributed by atoms with Crippen molar-refractivity contribution in [3.63, 3.8) is 0 Å². The minimum Gasteiger partial charge on any atom is -0.469 e. The summed E-state index contributed by atoms with van der Waals surface area (Å²) < 4.78 is 43.0. The van der Waals surface area contributed by atoms with Crippen LogP contribution in [0.25, 0.3) is 10.6 Å². The molecule has 0 fully saturated rings. The number of ether oxygens (including phenoxy) is 1. The maximum atomic E-state index is 12.8. The second-order valence-corrected chi connectivity index (χ2v) is 8.84. The van der Waals surface area contributed by atoms with Crippen LogP contribution < -0.4 is 0 Å². The Kier molecular flexibility index (Phi) is 6.88. The molecule has 3 nitrogen and oxygen atoms in total. The van der Waals surface area contributed by atoms with Gasteiger partial charge in [-0.3, -0.25) is 4.79 Å². The summed E-state index contributed by atoms with van der Waals surface area (Å²) in [6.07, 6.45) is -4.10. The van der Waals surface area contributed by atoms with Crippen molar-refractivity contribution >= 4 is 29.1 Å². The van der Waals surface area contributed by atoms with E-state index < -0.39 is 11.7 Å². The van der Waals surface area contributed by atoms with Crippen molar-refractivity contribution < 1.29 is 22.7 Å². The zero-order valence-corrected chi connectivity index (χ0v) is 18.3. The molecule has 0 saturated carbocycles. The van der Waals surface area contributed by atoms with Gasteiger partial charge in [-0.1, -0.05) is 24.3 Å². The third-order valence-electron chi connectivity index (χ3n) is 4.53. The molecule has 0 amide bonds. The molecule has 1 aromatic heterocycles. The van der Waals surface area contributed by atoms with E-state index in [4.69, 9.17) is 4.74 Å². The van der Waals surface area contributed by atoms with Crippen molar-refractivity contribution in [1.29, 1.82) is 0 Å². The first kappa shape index (κ1) is 22.4. The van der Waals surface area contributed by atoms with Crippen molar-refractivity contribution in [2.45, 2.75) is 37.1 Å². The Bertz CT molecular complexity index is 1040. The Hall–Kier alpha value is -2.32. The fourth-order valence-electron chi connectivity index (χ4n) is 2.85. The van der Waals surface area contributed by atoms with Crippen LogP contribution in [0.4, 0.5) is 13.2 Å². The first-order valence-electron chi connectivity index (χ1n) is 9.10.